The summed E-state index contributed by atoms with van der Waals surface area (Å²) in [5.41, 5.74) is 2.91. The van der Waals surface area contributed by atoms with Crippen LogP contribution < -0.4 is 4.74 Å². The quantitative estimate of drug-likeness (QED) is 0.123. The maximum absolute atomic E-state index is 13.8. The highest BCUT2D eigenvalue weighted by molar-refractivity contribution is 6.43. The summed E-state index contributed by atoms with van der Waals surface area (Å²) in [6, 6.07) is 13.0. The molecule has 3 aliphatic rings. The van der Waals surface area contributed by atoms with Gasteiger partial charge in [-0.3, -0.25) is 19.3 Å². The van der Waals surface area contributed by atoms with E-state index in [1.807, 2.05) is 43.3 Å². The molecule has 2 amide bonds. The fourth-order valence-corrected chi connectivity index (χ4v) is 6.82. The summed E-state index contributed by atoms with van der Waals surface area (Å²) >= 11 is 0. The third kappa shape index (κ3) is 7.34. The number of unbranched alkanes of at least 4 members (excludes halogenated alkanes) is 2. The van der Waals surface area contributed by atoms with E-state index >= 15 is 0 Å². The third-order valence-electron chi connectivity index (χ3n) is 8.86. The summed E-state index contributed by atoms with van der Waals surface area (Å²) in [6.45, 7) is 2.32. The number of fused-ring (bicyclic) bond motifs is 3. The number of likely N-dealkylation sites (tertiary alicyclic amines) is 1. The average Bonchev–Trinajstić information content (AvgIpc) is 3.56. The highest BCUT2D eigenvalue weighted by atomic mass is 16.5. The minimum absolute atomic E-state index is 0.0619. The van der Waals surface area contributed by atoms with Crippen LogP contribution in [0, 0.1) is 17.8 Å². The Morgan fingerprint density at radius 2 is 1.86 bits per heavy atom. The molecular weight excluding hydrogens is 565 g/mol. The van der Waals surface area contributed by atoms with Crippen molar-refractivity contribution < 1.29 is 43.4 Å². The summed E-state index contributed by atoms with van der Waals surface area (Å²) < 4.78 is 17.9. The molecule has 2 aromatic rings. The molecule has 0 radical (unpaired) electrons. The second-order valence-electron chi connectivity index (χ2n) is 11.9. The Balaban J connectivity index is 1.37. The number of carboxylic acids is 1. The zero-order valence-corrected chi connectivity index (χ0v) is 25.0. The SMILES string of the molecule is C/C(=C\c1ccc(CO)o1)CC[C@H]1OB(O)C[C@H]2C1=C(COc1ccccc1)C[C@H]1C(=O)N(CCCCCC(=O)O)C(=O)[C@H]12. The number of nitrogens with zero attached hydrogens (tertiary/aromatic N) is 1. The van der Waals surface area contributed by atoms with Crippen LogP contribution in [0.15, 0.2) is 63.6 Å². The largest absolute Gasteiger partial charge is 0.489 e. The van der Waals surface area contributed by atoms with Gasteiger partial charge in [0.2, 0.25) is 11.8 Å². The fourth-order valence-electron chi connectivity index (χ4n) is 6.82. The molecule has 0 bridgehead atoms. The van der Waals surface area contributed by atoms with Crippen LogP contribution in [0.25, 0.3) is 6.08 Å². The lowest BCUT2D eigenvalue weighted by atomic mass is 9.58. The normalized spacial score (nSPS) is 23.7. The zero-order chi connectivity index (χ0) is 31.2. The molecule has 2 saturated heterocycles. The molecule has 0 saturated carbocycles. The number of furan rings is 1. The first-order valence-electron chi connectivity index (χ1n) is 15.4. The van der Waals surface area contributed by atoms with Crippen LogP contribution in [0.4, 0.5) is 0 Å². The number of hydrogen-bond acceptors (Lipinski definition) is 8. The van der Waals surface area contributed by atoms with Crippen molar-refractivity contribution >= 4 is 31.0 Å². The molecular formula is C33H40BNO9. The molecule has 2 fully saturated rings. The number of amides is 2. The molecule has 44 heavy (non-hydrogen) atoms. The number of allylic oxidation sites excluding steroid dienone is 1. The van der Waals surface area contributed by atoms with Gasteiger partial charge >= 0.3 is 13.1 Å². The first-order chi connectivity index (χ1) is 21.2. The van der Waals surface area contributed by atoms with Crippen molar-refractivity contribution in [1.82, 2.24) is 4.90 Å². The molecule has 4 atom stereocenters. The molecule has 1 aliphatic carbocycles. The van der Waals surface area contributed by atoms with Crippen molar-refractivity contribution in [3.63, 3.8) is 0 Å². The molecule has 234 valence electrons. The zero-order valence-electron chi connectivity index (χ0n) is 25.0. The molecule has 3 N–H and O–H groups in total. The number of aliphatic carboxylic acids is 1. The molecule has 0 unspecified atom stereocenters. The van der Waals surface area contributed by atoms with Crippen LogP contribution in [-0.4, -0.2) is 64.3 Å². The highest BCUT2D eigenvalue weighted by Gasteiger charge is 2.57. The van der Waals surface area contributed by atoms with Crippen molar-refractivity contribution in [3.05, 3.63) is 70.7 Å². The highest BCUT2D eigenvalue weighted by Crippen LogP contribution is 2.50. The minimum Gasteiger partial charge on any atom is -0.489 e. The van der Waals surface area contributed by atoms with Crippen LogP contribution in [0.3, 0.4) is 0 Å². The summed E-state index contributed by atoms with van der Waals surface area (Å²) in [7, 11) is -1.07. The van der Waals surface area contributed by atoms with Gasteiger partial charge in [0.05, 0.1) is 17.9 Å². The summed E-state index contributed by atoms with van der Waals surface area (Å²) in [5, 5.41) is 29.0. The number of rotatable bonds is 14. The number of benzene rings is 1. The second-order valence-corrected chi connectivity index (χ2v) is 11.9. The smallest absolute Gasteiger partial charge is 0.455 e. The van der Waals surface area contributed by atoms with Crippen molar-refractivity contribution in [2.45, 2.75) is 70.9 Å². The van der Waals surface area contributed by atoms with E-state index in [0.29, 0.717) is 55.8 Å². The summed E-state index contributed by atoms with van der Waals surface area (Å²) in [5.74, 6) is -0.910. The van der Waals surface area contributed by atoms with Gasteiger partial charge < -0.3 is 29.0 Å². The van der Waals surface area contributed by atoms with Crippen molar-refractivity contribution in [2.75, 3.05) is 13.2 Å². The molecule has 1 aromatic carbocycles. The van der Waals surface area contributed by atoms with Crippen molar-refractivity contribution in [1.29, 1.82) is 0 Å². The first-order valence-corrected chi connectivity index (χ1v) is 15.4. The average molecular weight is 605 g/mol. The number of aliphatic hydroxyl groups is 1. The van der Waals surface area contributed by atoms with Gasteiger partial charge in [-0.25, -0.2) is 0 Å². The van der Waals surface area contributed by atoms with E-state index in [1.54, 1.807) is 12.1 Å². The van der Waals surface area contributed by atoms with Crippen LogP contribution in [0.2, 0.25) is 6.32 Å². The number of para-hydroxylation sites is 1. The fraction of sp³-hybridized carbons (Fsp3) is 0.485. The van der Waals surface area contributed by atoms with E-state index in [4.69, 9.17) is 18.9 Å². The number of ether oxygens (including phenoxy) is 1. The Hall–Kier alpha value is -3.67. The van der Waals surface area contributed by atoms with E-state index < -0.39 is 31.0 Å². The standard InChI is InChI=1S/C33H40BNO9/c1-21(16-24-12-13-25(19-36)43-24)11-14-28-30-22(20-42-23-8-4-2-5-9-23)17-26-31(27(30)18-34(41)44-28)33(40)35(32(26)39)15-7-3-6-10-29(37)38/h2,4-5,8-9,12-13,16,26-28,31,36,41H,3,6-7,10-11,14-15,17-20H2,1H3,(H,37,38)/b21-16+/t26-,27+,28-,31-/m1/s1. The predicted molar refractivity (Wildman–Crippen MR) is 162 cm³/mol. The van der Waals surface area contributed by atoms with Crippen molar-refractivity contribution in [3.8, 4) is 5.75 Å². The molecule has 0 spiro atoms. The molecule has 1 aromatic heterocycles. The van der Waals surface area contributed by atoms with Crippen LogP contribution in [0.5, 0.6) is 5.75 Å². The second kappa shape index (κ2) is 14.4. The topological polar surface area (TPSA) is 147 Å². The van der Waals surface area contributed by atoms with Crippen LogP contribution in [-0.2, 0) is 25.6 Å². The van der Waals surface area contributed by atoms with E-state index in [-0.39, 0.29) is 50.2 Å². The van der Waals surface area contributed by atoms with Gasteiger partial charge in [-0.15, -0.1) is 0 Å². The predicted octanol–water partition coefficient (Wildman–Crippen LogP) is 4.48. The summed E-state index contributed by atoms with van der Waals surface area (Å²) in [6.07, 6.45) is 4.97. The Bertz CT molecular complexity index is 1400. The van der Waals surface area contributed by atoms with Gasteiger partial charge in [0.25, 0.3) is 0 Å². The van der Waals surface area contributed by atoms with E-state index in [0.717, 1.165) is 16.7 Å². The molecule has 2 aliphatic heterocycles. The van der Waals surface area contributed by atoms with Gasteiger partial charge in [-0.2, -0.15) is 0 Å². The third-order valence-corrected chi connectivity index (χ3v) is 8.86. The minimum atomic E-state index is -1.07. The van der Waals surface area contributed by atoms with Gasteiger partial charge in [0.15, 0.2) is 0 Å². The van der Waals surface area contributed by atoms with Gasteiger partial charge in [-0.05, 0) is 92.8 Å². The Morgan fingerprint density at radius 3 is 2.59 bits per heavy atom. The lowest BCUT2D eigenvalue weighted by molar-refractivity contribution is -0.141. The lowest BCUT2D eigenvalue weighted by Crippen LogP contribution is -2.46. The Kier molecular flexibility index (Phi) is 10.4. The Labute approximate surface area is 257 Å². The van der Waals surface area contributed by atoms with Crippen LogP contribution in [0.1, 0.15) is 63.4 Å². The Morgan fingerprint density at radius 1 is 1.07 bits per heavy atom. The number of imide groups is 1. The van der Waals surface area contributed by atoms with Gasteiger partial charge in [0, 0.05) is 13.0 Å². The maximum atomic E-state index is 13.8. The number of hydrogen-bond donors (Lipinski definition) is 3. The molecule has 3 heterocycles. The van der Waals surface area contributed by atoms with E-state index in [9.17, 15) is 24.5 Å². The molecule has 11 heteroatoms. The number of carbonyl (C=O) groups is 3. The van der Waals surface area contributed by atoms with E-state index in [1.165, 1.54) is 4.90 Å². The number of carboxylic acid groups (broad SMARTS) is 1. The molecule has 5 rings (SSSR count). The number of aliphatic hydroxyl groups excluding tert-OH is 1. The van der Waals surface area contributed by atoms with Crippen LogP contribution >= 0.6 is 0 Å². The monoisotopic (exact) mass is 605 g/mol. The lowest BCUT2D eigenvalue weighted by Gasteiger charge is -2.43. The number of carbonyl (C=O) groups excluding carboxylic acids is 2. The van der Waals surface area contributed by atoms with Gasteiger partial charge in [-0.1, -0.05) is 30.2 Å². The van der Waals surface area contributed by atoms with E-state index in [2.05, 4.69) is 0 Å². The maximum Gasteiger partial charge on any atom is 0.455 e. The van der Waals surface area contributed by atoms with Gasteiger partial charge in [0.1, 0.15) is 30.5 Å². The van der Waals surface area contributed by atoms with Crippen molar-refractivity contribution in [2.24, 2.45) is 17.8 Å². The first kappa shape index (κ1) is 31.8. The molecule has 10 nitrogen and oxygen atoms in total. The summed E-state index contributed by atoms with van der Waals surface area (Å²) in [4.78, 5) is 39.6.